The number of ether oxygens (including phenoxy) is 2. The Balaban J connectivity index is 1.84. The molecule has 1 aromatic heterocycles. The highest BCUT2D eigenvalue weighted by atomic mass is 35.5. The summed E-state index contributed by atoms with van der Waals surface area (Å²) in [7, 11) is -3.98. The second kappa shape index (κ2) is 7.30. The summed E-state index contributed by atoms with van der Waals surface area (Å²) in [6.07, 6.45) is 0.642. The molecular weight excluding hydrogens is 430 g/mol. The van der Waals surface area contributed by atoms with Crippen LogP contribution in [0.1, 0.15) is 25.1 Å². The van der Waals surface area contributed by atoms with Gasteiger partial charge in [0.05, 0.1) is 29.3 Å². The minimum Gasteiger partial charge on any atom is -0.493 e. The van der Waals surface area contributed by atoms with Gasteiger partial charge < -0.3 is 14.6 Å². The number of rotatable bonds is 6. The van der Waals surface area contributed by atoms with E-state index in [0.29, 0.717) is 40.4 Å². The van der Waals surface area contributed by atoms with Gasteiger partial charge in [0, 0.05) is 16.8 Å². The van der Waals surface area contributed by atoms with E-state index in [1.165, 1.54) is 23.9 Å². The number of carboxylic acid groups (broad SMARTS) is 1. The predicted octanol–water partition coefficient (Wildman–Crippen LogP) is 3.85. The number of nitrogens with zero attached hydrogens (tertiary/aromatic N) is 1. The van der Waals surface area contributed by atoms with Crippen molar-refractivity contribution in [2.45, 2.75) is 37.4 Å². The van der Waals surface area contributed by atoms with Crippen LogP contribution in [-0.4, -0.2) is 35.7 Å². The number of aromatic nitrogens is 1. The van der Waals surface area contributed by atoms with Gasteiger partial charge in [0.1, 0.15) is 5.75 Å². The number of halogens is 1. The highest BCUT2D eigenvalue weighted by Crippen LogP contribution is 2.32. The van der Waals surface area contributed by atoms with E-state index in [2.05, 4.69) is 0 Å². The zero-order valence-electron chi connectivity index (χ0n) is 16.4. The third kappa shape index (κ3) is 3.55. The van der Waals surface area contributed by atoms with Gasteiger partial charge >= 0.3 is 5.97 Å². The average Bonchev–Trinajstić information content (AvgIpc) is 3.29. The molecular formula is C21H20ClNO6S. The molecule has 0 amide bonds. The van der Waals surface area contributed by atoms with Gasteiger partial charge in [0.15, 0.2) is 5.60 Å². The van der Waals surface area contributed by atoms with Crippen molar-refractivity contribution in [1.82, 2.24) is 3.97 Å². The molecule has 7 nitrogen and oxygen atoms in total. The Morgan fingerprint density at radius 3 is 2.73 bits per heavy atom. The van der Waals surface area contributed by atoms with Crippen molar-refractivity contribution in [3.63, 3.8) is 0 Å². The lowest BCUT2D eigenvalue weighted by Crippen LogP contribution is -2.34. The van der Waals surface area contributed by atoms with Crippen LogP contribution in [0.15, 0.2) is 47.4 Å². The first-order valence-corrected chi connectivity index (χ1v) is 11.1. The monoisotopic (exact) mass is 449 g/mol. The lowest BCUT2D eigenvalue weighted by Gasteiger charge is -2.21. The first-order valence-electron chi connectivity index (χ1n) is 9.28. The Kier molecular flexibility index (Phi) is 5.04. The third-order valence-electron chi connectivity index (χ3n) is 5.09. The number of carbonyl (C=O) groups is 1. The van der Waals surface area contributed by atoms with Crippen molar-refractivity contribution in [1.29, 1.82) is 0 Å². The van der Waals surface area contributed by atoms with Crippen LogP contribution < -0.4 is 4.74 Å². The van der Waals surface area contributed by atoms with Crippen LogP contribution in [0, 0.1) is 0 Å². The van der Waals surface area contributed by atoms with Crippen LogP contribution >= 0.6 is 11.6 Å². The summed E-state index contributed by atoms with van der Waals surface area (Å²) in [5, 5.41) is 10.4. The number of hydrogen-bond acceptors (Lipinski definition) is 5. The molecule has 0 saturated heterocycles. The number of hydrogen-bond donors (Lipinski definition) is 1. The van der Waals surface area contributed by atoms with Gasteiger partial charge in [-0.3, -0.25) is 0 Å². The fourth-order valence-electron chi connectivity index (χ4n) is 3.35. The smallest absolute Gasteiger partial charge is 0.335 e. The fraction of sp³-hybridized carbons (Fsp3) is 0.286. The number of carboxylic acids is 1. The maximum atomic E-state index is 13.6. The minimum absolute atomic E-state index is 0.123. The van der Waals surface area contributed by atoms with E-state index < -0.39 is 21.6 Å². The first kappa shape index (κ1) is 20.7. The van der Waals surface area contributed by atoms with Crippen molar-refractivity contribution in [3.8, 4) is 5.75 Å². The molecule has 0 bridgehead atoms. The van der Waals surface area contributed by atoms with Gasteiger partial charge in [-0.25, -0.2) is 17.2 Å². The topological polar surface area (TPSA) is 94.8 Å². The molecule has 3 aromatic rings. The molecule has 1 aliphatic heterocycles. The van der Waals surface area contributed by atoms with Crippen LogP contribution in [0.2, 0.25) is 5.02 Å². The molecule has 1 N–H and O–H groups in total. The van der Waals surface area contributed by atoms with E-state index in [1.54, 1.807) is 36.4 Å². The average molecular weight is 450 g/mol. The van der Waals surface area contributed by atoms with E-state index in [4.69, 9.17) is 21.1 Å². The summed E-state index contributed by atoms with van der Waals surface area (Å²) in [5.74, 6) is -0.459. The van der Waals surface area contributed by atoms with Crippen LogP contribution in [0.25, 0.3) is 10.9 Å². The molecule has 0 fully saturated rings. The van der Waals surface area contributed by atoms with Crippen molar-refractivity contribution < 1.29 is 27.8 Å². The van der Waals surface area contributed by atoms with E-state index in [-0.39, 0.29) is 11.5 Å². The number of aliphatic carboxylic acids is 1. The van der Waals surface area contributed by atoms with Crippen LogP contribution in [0.3, 0.4) is 0 Å². The Morgan fingerprint density at radius 2 is 2.00 bits per heavy atom. The number of benzene rings is 2. The molecule has 0 unspecified atom stereocenters. The van der Waals surface area contributed by atoms with E-state index >= 15 is 0 Å². The predicted molar refractivity (Wildman–Crippen MR) is 112 cm³/mol. The molecule has 0 saturated carbocycles. The molecule has 158 valence electrons. The Hall–Kier alpha value is -2.55. The minimum atomic E-state index is -3.98. The van der Waals surface area contributed by atoms with Crippen LogP contribution in [0.5, 0.6) is 5.75 Å². The molecule has 4 rings (SSSR count). The summed E-state index contributed by atoms with van der Waals surface area (Å²) in [4.78, 5) is 11.5. The lowest BCUT2D eigenvalue weighted by molar-refractivity contribution is -0.162. The van der Waals surface area contributed by atoms with Crippen molar-refractivity contribution in [3.05, 3.63) is 58.7 Å². The zero-order chi connectivity index (χ0) is 21.7. The normalized spacial score (nSPS) is 14.0. The van der Waals surface area contributed by atoms with E-state index in [1.807, 2.05) is 0 Å². The fourth-order valence-corrected chi connectivity index (χ4v) is 5.11. The summed E-state index contributed by atoms with van der Waals surface area (Å²) < 4.78 is 39.4. The molecule has 30 heavy (non-hydrogen) atoms. The Labute approximate surface area is 178 Å². The Bertz CT molecular complexity index is 1260. The summed E-state index contributed by atoms with van der Waals surface area (Å²) >= 11 is 6.09. The summed E-state index contributed by atoms with van der Waals surface area (Å²) in [5.41, 5.74) is 0.0924. The third-order valence-corrected chi connectivity index (χ3v) is 7.08. The van der Waals surface area contributed by atoms with Crippen molar-refractivity contribution in [2.75, 3.05) is 6.61 Å². The van der Waals surface area contributed by atoms with Crippen molar-refractivity contribution >= 4 is 38.5 Å². The second-order valence-electron chi connectivity index (χ2n) is 7.58. The molecule has 0 spiro atoms. The largest absolute Gasteiger partial charge is 0.493 e. The Morgan fingerprint density at radius 1 is 1.23 bits per heavy atom. The standard InChI is InChI=1S/C21H20ClNO6S/c1-21(2,20(24)25)29-12-16-10-14-9-15(22)3-5-18(14)23(16)30(26,27)17-4-6-19-13(11-17)7-8-28-19/h3-6,9-11H,7-8,12H2,1-2H3,(H,24,25). The molecule has 2 heterocycles. The number of fused-ring (bicyclic) bond motifs is 2. The van der Waals surface area contributed by atoms with E-state index in [9.17, 15) is 18.3 Å². The molecule has 9 heteroatoms. The van der Waals surface area contributed by atoms with Gasteiger partial charge in [-0.2, -0.15) is 0 Å². The van der Waals surface area contributed by atoms with Gasteiger partial charge in [-0.1, -0.05) is 11.6 Å². The van der Waals surface area contributed by atoms with Gasteiger partial charge in [-0.15, -0.1) is 0 Å². The molecule has 0 radical (unpaired) electrons. The quantitative estimate of drug-likeness (QED) is 0.614. The van der Waals surface area contributed by atoms with Gasteiger partial charge in [-0.05, 0) is 61.9 Å². The van der Waals surface area contributed by atoms with E-state index in [0.717, 1.165) is 5.56 Å². The summed E-state index contributed by atoms with van der Waals surface area (Å²) in [6.45, 7) is 3.13. The zero-order valence-corrected chi connectivity index (χ0v) is 18.0. The molecule has 0 aliphatic carbocycles. The molecule has 1 aliphatic rings. The van der Waals surface area contributed by atoms with Gasteiger partial charge in [0.25, 0.3) is 10.0 Å². The maximum Gasteiger partial charge on any atom is 0.335 e. The SMILES string of the molecule is CC(C)(OCc1cc2cc(Cl)ccc2n1S(=O)(=O)c1ccc2c(c1)CCO2)C(=O)O. The summed E-state index contributed by atoms with van der Waals surface area (Å²) in [6, 6.07) is 11.3. The maximum absolute atomic E-state index is 13.6. The molecule has 0 atom stereocenters. The first-order chi connectivity index (χ1) is 14.1. The molecule has 2 aromatic carbocycles. The second-order valence-corrected chi connectivity index (χ2v) is 9.80. The van der Waals surface area contributed by atoms with Gasteiger partial charge in [0.2, 0.25) is 0 Å². The van der Waals surface area contributed by atoms with Crippen molar-refractivity contribution in [2.24, 2.45) is 0 Å². The highest BCUT2D eigenvalue weighted by molar-refractivity contribution is 7.90. The lowest BCUT2D eigenvalue weighted by atomic mass is 10.1. The van der Waals surface area contributed by atoms with Crippen LogP contribution in [-0.2, 0) is 32.6 Å². The highest BCUT2D eigenvalue weighted by Gasteiger charge is 2.30. The van der Waals surface area contributed by atoms with Crippen LogP contribution in [0.4, 0.5) is 0 Å².